The Hall–Kier alpha value is -3.04. The Morgan fingerprint density at radius 3 is 2.64 bits per heavy atom. The summed E-state index contributed by atoms with van der Waals surface area (Å²) < 4.78 is 34.4. The van der Waals surface area contributed by atoms with Gasteiger partial charge in [-0.2, -0.15) is 4.31 Å². The average molecular weight is 564 g/mol. The molecule has 1 atom stereocenters. The Morgan fingerprint density at radius 1 is 1.23 bits per heavy atom. The first-order valence-corrected chi connectivity index (χ1v) is 14.7. The van der Waals surface area contributed by atoms with Crippen LogP contribution in [0.5, 0.6) is 5.75 Å². The number of hydroxylamine groups is 1. The zero-order valence-corrected chi connectivity index (χ0v) is 23.4. The van der Waals surface area contributed by atoms with Crippen LogP contribution in [-0.2, 0) is 14.8 Å². The van der Waals surface area contributed by atoms with Crippen LogP contribution < -0.4 is 26.2 Å². The fraction of sp³-hybridized carbons (Fsp3) is 0.560. The van der Waals surface area contributed by atoms with Gasteiger partial charge < -0.3 is 19.6 Å². The Morgan fingerprint density at radius 2 is 1.97 bits per heavy atom. The number of hydrogen-bond donors (Lipinski definition) is 4. The summed E-state index contributed by atoms with van der Waals surface area (Å²) in [5.41, 5.74) is 6.05. The van der Waals surface area contributed by atoms with Gasteiger partial charge >= 0.3 is 0 Å². The number of aromatic amines is 1. The lowest BCUT2D eigenvalue weighted by atomic mass is 10.1. The van der Waals surface area contributed by atoms with E-state index >= 15 is 0 Å². The number of aromatic nitrogens is 2. The minimum Gasteiger partial charge on any atom is -0.493 e. The van der Waals surface area contributed by atoms with Crippen molar-refractivity contribution in [3.05, 3.63) is 34.2 Å². The lowest BCUT2D eigenvalue weighted by Gasteiger charge is -2.34. The standard InChI is InChI=1S/C25H37N7O6S/c1-4-7-19-22-23(30(3)28-19)25(34)27-24(26-22)18-16-17(9-10-20(18)38-5-2)39(36,37)32-14-12-31(13-15-32)11-6-8-21(33)29-35/h9-10,16,19,28,35H,4-8,11-15H2,1-3H3,(H,29,33)(H,26,27,34). The Kier molecular flexibility index (Phi) is 9.23. The summed E-state index contributed by atoms with van der Waals surface area (Å²) >= 11 is 0. The highest BCUT2D eigenvalue weighted by Crippen LogP contribution is 2.35. The number of nitrogens with one attached hydrogen (secondary N) is 3. The molecular weight excluding hydrogens is 526 g/mol. The molecule has 0 spiro atoms. The summed E-state index contributed by atoms with van der Waals surface area (Å²) in [6.07, 6.45) is 2.46. The molecule has 4 N–H and O–H groups in total. The molecule has 4 rings (SSSR count). The van der Waals surface area contributed by atoms with Crippen LogP contribution in [0.4, 0.5) is 5.69 Å². The molecule has 3 heterocycles. The smallest absolute Gasteiger partial charge is 0.276 e. The highest BCUT2D eigenvalue weighted by Gasteiger charge is 2.32. The number of fused-ring (bicyclic) bond motifs is 1. The Bertz CT molecular complexity index is 1340. The number of nitrogens with zero attached hydrogens (tertiary/aromatic N) is 4. The fourth-order valence-corrected chi connectivity index (χ4v) is 6.48. The number of H-pyrrole nitrogens is 1. The van der Waals surface area contributed by atoms with Crippen molar-refractivity contribution in [1.82, 2.24) is 30.1 Å². The second kappa shape index (κ2) is 12.4. The summed E-state index contributed by atoms with van der Waals surface area (Å²) in [7, 11) is -2.05. The molecule has 0 aliphatic carbocycles. The molecule has 1 fully saturated rings. The van der Waals surface area contributed by atoms with Crippen LogP contribution in [0.3, 0.4) is 0 Å². The third-order valence-corrected chi connectivity index (χ3v) is 8.89. The van der Waals surface area contributed by atoms with Gasteiger partial charge in [-0.25, -0.2) is 24.3 Å². The number of amides is 1. The number of benzene rings is 1. The molecule has 1 aromatic heterocycles. The molecule has 2 aromatic rings. The maximum absolute atomic E-state index is 13.6. The minimum absolute atomic E-state index is 0.0949. The van der Waals surface area contributed by atoms with Crippen LogP contribution in [0.15, 0.2) is 27.9 Å². The lowest BCUT2D eigenvalue weighted by Crippen LogP contribution is -2.48. The molecule has 0 bridgehead atoms. The molecule has 0 saturated carbocycles. The Balaban J connectivity index is 1.59. The molecule has 2 aliphatic heterocycles. The highest BCUT2D eigenvalue weighted by molar-refractivity contribution is 7.89. The van der Waals surface area contributed by atoms with E-state index in [2.05, 4.69) is 22.2 Å². The molecule has 2 aliphatic rings. The Labute approximate surface area is 228 Å². The molecule has 14 heteroatoms. The van der Waals surface area contributed by atoms with Crippen molar-refractivity contribution in [2.45, 2.75) is 50.5 Å². The molecule has 1 aromatic carbocycles. The van der Waals surface area contributed by atoms with E-state index in [9.17, 15) is 18.0 Å². The predicted octanol–water partition coefficient (Wildman–Crippen LogP) is 1.22. The summed E-state index contributed by atoms with van der Waals surface area (Å²) in [6, 6.07) is 4.53. The van der Waals surface area contributed by atoms with E-state index in [0.29, 0.717) is 68.4 Å². The molecule has 39 heavy (non-hydrogen) atoms. The first kappa shape index (κ1) is 29.0. The number of hydrogen-bond acceptors (Lipinski definition) is 10. The van der Waals surface area contributed by atoms with E-state index < -0.39 is 15.9 Å². The number of anilines is 1. The predicted molar refractivity (Wildman–Crippen MR) is 145 cm³/mol. The molecule has 1 unspecified atom stereocenters. The molecule has 1 saturated heterocycles. The fourth-order valence-electron chi connectivity index (χ4n) is 5.03. The number of rotatable bonds is 11. The number of hydrazine groups is 1. The largest absolute Gasteiger partial charge is 0.493 e. The zero-order valence-electron chi connectivity index (χ0n) is 22.6. The van der Waals surface area contributed by atoms with E-state index in [0.717, 1.165) is 12.8 Å². The maximum Gasteiger partial charge on any atom is 0.276 e. The third kappa shape index (κ3) is 6.25. The van der Waals surface area contributed by atoms with E-state index in [1.54, 1.807) is 23.6 Å². The average Bonchev–Trinajstić information content (AvgIpc) is 3.24. The van der Waals surface area contributed by atoms with Gasteiger partial charge in [0.05, 0.1) is 28.8 Å². The monoisotopic (exact) mass is 563 g/mol. The van der Waals surface area contributed by atoms with Gasteiger partial charge in [0.25, 0.3) is 5.56 Å². The number of sulfonamides is 1. The van der Waals surface area contributed by atoms with Gasteiger partial charge in [0, 0.05) is 39.6 Å². The summed E-state index contributed by atoms with van der Waals surface area (Å²) in [4.78, 5) is 34.0. The van der Waals surface area contributed by atoms with E-state index in [1.165, 1.54) is 16.4 Å². The number of carbonyl (C=O) groups excluding carboxylic acids is 1. The van der Waals surface area contributed by atoms with E-state index in [-0.39, 0.29) is 28.7 Å². The van der Waals surface area contributed by atoms with Crippen molar-refractivity contribution in [2.75, 3.05) is 51.4 Å². The van der Waals surface area contributed by atoms with Crippen LogP contribution in [0, 0.1) is 0 Å². The second-order valence-electron chi connectivity index (χ2n) is 9.65. The van der Waals surface area contributed by atoms with Crippen molar-refractivity contribution in [2.24, 2.45) is 0 Å². The van der Waals surface area contributed by atoms with Gasteiger partial charge in [-0.3, -0.25) is 14.8 Å². The lowest BCUT2D eigenvalue weighted by molar-refractivity contribution is -0.129. The molecule has 214 valence electrons. The van der Waals surface area contributed by atoms with Crippen molar-refractivity contribution in [3.8, 4) is 17.1 Å². The van der Waals surface area contributed by atoms with E-state index in [1.807, 2.05) is 6.92 Å². The van der Waals surface area contributed by atoms with Crippen LogP contribution in [-0.4, -0.2) is 85.1 Å². The third-order valence-electron chi connectivity index (χ3n) is 6.99. The first-order valence-electron chi connectivity index (χ1n) is 13.3. The highest BCUT2D eigenvalue weighted by atomic mass is 32.2. The van der Waals surface area contributed by atoms with E-state index in [4.69, 9.17) is 14.9 Å². The van der Waals surface area contributed by atoms with Gasteiger partial charge in [0.15, 0.2) is 0 Å². The summed E-state index contributed by atoms with van der Waals surface area (Å²) in [6.45, 7) is 6.56. The van der Waals surface area contributed by atoms with Crippen LogP contribution >= 0.6 is 0 Å². The SMILES string of the molecule is CCCC1NN(C)c2c1nc(-c1cc(S(=O)(=O)N3CCN(CCCC(=O)NO)CC3)ccc1OCC)[nH]c2=O. The topological polar surface area (TPSA) is 160 Å². The molecule has 1 amide bonds. The zero-order chi connectivity index (χ0) is 28.2. The van der Waals surface area contributed by atoms with Crippen molar-refractivity contribution < 1.29 is 23.2 Å². The van der Waals surface area contributed by atoms with Crippen molar-refractivity contribution in [1.29, 1.82) is 0 Å². The van der Waals surface area contributed by atoms with Gasteiger partial charge in [-0.15, -0.1) is 0 Å². The van der Waals surface area contributed by atoms with Gasteiger partial charge in [-0.05, 0) is 44.5 Å². The molecular formula is C25H37N7O6S. The number of piperazine rings is 1. The van der Waals surface area contributed by atoms with Crippen LogP contribution in [0.2, 0.25) is 0 Å². The molecule has 0 radical (unpaired) electrons. The quantitative estimate of drug-likeness (QED) is 0.231. The number of ether oxygens (including phenoxy) is 1. The van der Waals surface area contributed by atoms with Gasteiger partial charge in [0.1, 0.15) is 17.3 Å². The van der Waals surface area contributed by atoms with Crippen molar-refractivity contribution in [3.63, 3.8) is 0 Å². The maximum atomic E-state index is 13.6. The second-order valence-corrected chi connectivity index (χ2v) is 11.6. The minimum atomic E-state index is -3.82. The first-order chi connectivity index (χ1) is 18.7. The normalized spacial score (nSPS) is 18.3. The number of carbonyl (C=O) groups is 1. The van der Waals surface area contributed by atoms with Gasteiger partial charge in [0.2, 0.25) is 15.9 Å². The van der Waals surface area contributed by atoms with Crippen LogP contribution in [0.25, 0.3) is 11.4 Å². The van der Waals surface area contributed by atoms with Crippen LogP contribution in [0.1, 0.15) is 51.3 Å². The summed E-state index contributed by atoms with van der Waals surface area (Å²) in [5, 5.41) is 10.3. The summed E-state index contributed by atoms with van der Waals surface area (Å²) in [5.74, 6) is 0.253. The molecule has 13 nitrogen and oxygen atoms in total. The van der Waals surface area contributed by atoms with Gasteiger partial charge in [-0.1, -0.05) is 13.3 Å². The van der Waals surface area contributed by atoms with Crippen molar-refractivity contribution >= 4 is 21.6 Å².